The van der Waals surface area contributed by atoms with Crippen LogP contribution in [0, 0.1) is 0 Å². The fourth-order valence-electron chi connectivity index (χ4n) is 3.51. The van der Waals surface area contributed by atoms with E-state index in [1.165, 1.54) is 7.11 Å². The second-order valence-electron chi connectivity index (χ2n) is 7.70. The summed E-state index contributed by atoms with van der Waals surface area (Å²) in [5, 5.41) is 10.7. The van der Waals surface area contributed by atoms with Gasteiger partial charge in [-0.15, -0.1) is 0 Å². The normalized spacial score (nSPS) is 14.8. The number of methoxy groups -OCH3 is 1. The molecule has 0 aliphatic heterocycles. The number of rotatable bonds is 6. The first-order valence-electron chi connectivity index (χ1n) is 8.91. The van der Waals surface area contributed by atoms with Gasteiger partial charge in [0.15, 0.2) is 5.60 Å². The molecule has 0 radical (unpaired) electrons. The van der Waals surface area contributed by atoms with Crippen LogP contribution in [0.15, 0.2) is 48.5 Å². The van der Waals surface area contributed by atoms with Crippen LogP contribution >= 0.6 is 0 Å². The van der Waals surface area contributed by atoms with Crippen molar-refractivity contribution < 1.29 is 23.0 Å². The summed E-state index contributed by atoms with van der Waals surface area (Å²) in [5.74, 6) is 0.654. The van der Waals surface area contributed by atoms with E-state index in [1.807, 2.05) is 0 Å². The van der Waals surface area contributed by atoms with E-state index in [9.17, 15) is 18.3 Å². The molecule has 3 rings (SSSR count). The van der Waals surface area contributed by atoms with Gasteiger partial charge in [-0.3, -0.25) is 0 Å². The van der Waals surface area contributed by atoms with E-state index in [-0.39, 0.29) is 5.82 Å². The predicted molar refractivity (Wildman–Crippen MR) is 101 cm³/mol. The summed E-state index contributed by atoms with van der Waals surface area (Å²) in [7, 11) is 1.50. The average molecular weight is 392 g/mol. The zero-order chi connectivity index (χ0) is 20.6. The molecule has 0 fully saturated rings. The molecule has 0 spiro atoms. The van der Waals surface area contributed by atoms with Crippen molar-refractivity contribution in [2.24, 2.45) is 0 Å². The molecule has 7 heteroatoms. The molecule has 1 atom stereocenters. The number of aromatic nitrogens is 2. The van der Waals surface area contributed by atoms with Gasteiger partial charge in [0.1, 0.15) is 11.6 Å². The highest BCUT2D eigenvalue weighted by molar-refractivity contribution is 5.74. The van der Waals surface area contributed by atoms with Gasteiger partial charge >= 0.3 is 6.18 Å². The van der Waals surface area contributed by atoms with Crippen molar-refractivity contribution in [3.8, 4) is 5.75 Å². The zero-order valence-corrected chi connectivity index (χ0v) is 16.0. The summed E-state index contributed by atoms with van der Waals surface area (Å²) < 4.78 is 46.9. The largest absolute Gasteiger partial charge is 0.497 e. The predicted octanol–water partition coefficient (Wildman–Crippen LogP) is 4.78. The van der Waals surface area contributed by atoms with Gasteiger partial charge in [-0.05, 0) is 41.7 Å². The second kappa shape index (κ2) is 7.13. The first kappa shape index (κ1) is 20.2. The molecule has 0 amide bonds. The van der Waals surface area contributed by atoms with Crippen LogP contribution in [0.1, 0.15) is 31.7 Å². The summed E-state index contributed by atoms with van der Waals surface area (Å²) in [4.78, 5) is 7.08. The van der Waals surface area contributed by atoms with Gasteiger partial charge in [0.25, 0.3) is 0 Å². The third-order valence-electron chi connectivity index (χ3n) is 5.01. The smallest absolute Gasteiger partial charge is 0.417 e. The highest BCUT2D eigenvalue weighted by Gasteiger charge is 2.56. The van der Waals surface area contributed by atoms with E-state index in [4.69, 9.17) is 4.74 Å². The van der Waals surface area contributed by atoms with Gasteiger partial charge in [0.05, 0.1) is 18.1 Å². The minimum Gasteiger partial charge on any atom is -0.497 e. The minimum absolute atomic E-state index is 0.0995. The molecule has 28 heavy (non-hydrogen) atoms. The molecule has 3 aromatic rings. The van der Waals surface area contributed by atoms with E-state index < -0.39 is 30.0 Å². The first-order chi connectivity index (χ1) is 13.0. The Bertz CT molecular complexity index is 932. The number of alkyl halides is 3. The number of fused-ring (bicyclic) bond motifs is 1. The lowest BCUT2D eigenvalue weighted by Crippen LogP contribution is -2.51. The second-order valence-corrected chi connectivity index (χ2v) is 7.70. The lowest BCUT2D eigenvalue weighted by Gasteiger charge is -2.37. The van der Waals surface area contributed by atoms with Crippen LogP contribution < -0.4 is 4.74 Å². The number of para-hydroxylation sites is 2. The third kappa shape index (κ3) is 3.99. The fourth-order valence-corrected chi connectivity index (χ4v) is 3.51. The summed E-state index contributed by atoms with van der Waals surface area (Å²) in [5.41, 5.74) is -2.04. The van der Waals surface area contributed by atoms with Crippen molar-refractivity contribution in [1.82, 2.24) is 9.97 Å². The number of nitrogens with one attached hydrogen (secondary N) is 1. The van der Waals surface area contributed by atoms with E-state index in [1.54, 1.807) is 62.4 Å². The zero-order valence-electron chi connectivity index (χ0n) is 16.0. The van der Waals surface area contributed by atoms with E-state index in [2.05, 4.69) is 9.97 Å². The van der Waals surface area contributed by atoms with Crippen LogP contribution in [-0.4, -0.2) is 34.0 Å². The van der Waals surface area contributed by atoms with Gasteiger partial charge in [-0.25, -0.2) is 4.98 Å². The van der Waals surface area contributed by atoms with Crippen LogP contribution in [0.3, 0.4) is 0 Å². The molecule has 2 aromatic carbocycles. The molecule has 1 heterocycles. The molecule has 0 bridgehead atoms. The van der Waals surface area contributed by atoms with Crippen molar-refractivity contribution in [3.05, 3.63) is 59.9 Å². The molecule has 2 N–H and O–H groups in total. The van der Waals surface area contributed by atoms with Crippen molar-refractivity contribution in [3.63, 3.8) is 0 Å². The Hall–Kier alpha value is -2.54. The number of imidazole rings is 1. The molecule has 4 nitrogen and oxygen atoms in total. The van der Waals surface area contributed by atoms with Crippen LogP contribution in [0.5, 0.6) is 5.75 Å². The number of hydrogen-bond donors (Lipinski definition) is 2. The fraction of sp³-hybridized carbons (Fsp3) is 0.381. The maximum atomic E-state index is 13.9. The van der Waals surface area contributed by atoms with Gasteiger partial charge in [-0.1, -0.05) is 38.1 Å². The summed E-state index contributed by atoms with van der Waals surface area (Å²) in [6.45, 7) is 3.36. The summed E-state index contributed by atoms with van der Waals surface area (Å²) in [6, 6.07) is 13.9. The molecule has 1 unspecified atom stereocenters. The van der Waals surface area contributed by atoms with Gasteiger partial charge in [0.2, 0.25) is 0 Å². The Kier molecular flexibility index (Phi) is 5.14. The first-order valence-corrected chi connectivity index (χ1v) is 8.91. The van der Waals surface area contributed by atoms with Gasteiger partial charge < -0.3 is 14.8 Å². The summed E-state index contributed by atoms with van der Waals surface area (Å²) in [6.07, 6.45) is -5.99. The molecule has 0 aliphatic rings. The maximum Gasteiger partial charge on any atom is 0.417 e. The lowest BCUT2D eigenvalue weighted by molar-refractivity contribution is -0.266. The van der Waals surface area contributed by atoms with Crippen molar-refractivity contribution in [2.75, 3.05) is 7.11 Å². The monoisotopic (exact) mass is 392 g/mol. The number of aromatic amines is 1. The average Bonchev–Trinajstić information content (AvgIpc) is 3.02. The van der Waals surface area contributed by atoms with Gasteiger partial charge in [0, 0.05) is 6.42 Å². The third-order valence-corrected chi connectivity index (χ3v) is 5.01. The van der Waals surface area contributed by atoms with Crippen molar-refractivity contribution in [1.29, 1.82) is 0 Å². The number of halogens is 3. The van der Waals surface area contributed by atoms with Crippen LogP contribution in [-0.2, 0) is 11.8 Å². The molecular formula is C21H23F3N2O2. The Balaban J connectivity index is 1.94. The van der Waals surface area contributed by atoms with Crippen LogP contribution in [0.25, 0.3) is 11.0 Å². The number of ether oxygens (including phenoxy) is 1. The molecular weight excluding hydrogens is 369 g/mol. The number of nitrogens with zero attached hydrogens (tertiary/aromatic N) is 1. The Morgan fingerprint density at radius 1 is 1.07 bits per heavy atom. The number of H-pyrrole nitrogens is 1. The quantitative estimate of drug-likeness (QED) is 0.635. The molecule has 150 valence electrons. The van der Waals surface area contributed by atoms with Crippen molar-refractivity contribution >= 4 is 11.0 Å². The lowest BCUT2D eigenvalue weighted by atomic mass is 9.73. The Morgan fingerprint density at radius 2 is 1.79 bits per heavy atom. The van der Waals surface area contributed by atoms with E-state index in [0.29, 0.717) is 22.3 Å². The molecule has 0 aliphatic carbocycles. The number of hydrogen-bond acceptors (Lipinski definition) is 3. The highest BCUT2D eigenvalue weighted by atomic mass is 19.4. The number of benzene rings is 2. The molecule has 0 saturated carbocycles. The van der Waals surface area contributed by atoms with Gasteiger partial charge in [-0.2, -0.15) is 13.2 Å². The van der Waals surface area contributed by atoms with E-state index in [0.717, 1.165) is 0 Å². The standard InChI is InChI=1S/C21H23F3N2O2/c1-19(2,14-7-6-8-15(11-14)28-3)13-20(27,21(22,23)24)12-18-25-16-9-4-5-10-17(16)26-18/h4-11,27H,12-13H2,1-3H3,(H,25,26). The van der Waals surface area contributed by atoms with Crippen LogP contribution in [0.4, 0.5) is 13.2 Å². The van der Waals surface area contributed by atoms with Crippen LogP contribution in [0.2, 0.25) is 0 Å². The maximum absolute atomic E-state index is 13.9. The SMILES string of the molecule is COc1cccc(C(C)(C)CC(O)(Cc2nc3ccccc3[nH]2)C(F)(F)F)c1. The highest BCUT2D eigenvalue weighted by Crippen LogP contribution is 2.43. The molecule has 1 aromatic heterocycles. The van der Waals surface area contributed by atoms with Crippen molar-refractivity contribution in [2.45, 2.75) is 43.9 Å². The molecule has 0 saturated heterocycles. The Morgan fingerprint density at radius 3 is 2.43 bits per heavy atom. The minimum atomic E-state index is -4.82. The summed E-state index contributed by atoms with van der Waals surface area (Å²) >= 11 is 0. The van der Waals surface area contributed by atoms with E-state index >= 15 is 0 Å². The number of aliphatic hydroxyl groups is 1. The Labute approximate surface area is 161 Å². The topological polar surface area (TPSA) is 58.1 Å².